The van der Waals surface area contributed by atoms with Gasteiger partial charge in [-0.05, 0) is 41.0 Å². The molecule has 0 spiro atoms. The van der Waals surface area contributed by atoms with Gasteiger partial charge in [0.2, 0.25) is 0 Å². The molecule has 3 aromatic rings. The quantitative estimate of drug-likeness (QED) is 0.747. The van der Waals surface area contributed by atoms with Crippen LogP contribution in [0.2, 0.25) is 0 Å². The number of phenolic OH excluding ortho intramolecular Hbond substituents is 1. The summed E-state index contributed by atoms with van der Waals surface area (Å²) in [4.78, 5) is 4.60. The van der Waals surface area contributed by atoms with Crippen molar-refractivity contribution in [3.05, 3.63) is 83.9 Å². The lowest BCUT2D eigenvalue weighted by Gasteiger charge is -2.36. The van der Waals surface area contributed by atoms with E-state index in [4.69, 9.17) is 5.26 Å². The zero-order valence-corrected chi connectivity index (χ0v) is 15.8. The minimum atomic E-state index is 0.239. The van der Waals surface area contributed by atoms with Gasteiger partial charge < -0.3 is 10.0 Å². The van der Waals surface area contributed by atoms with Crippen LogP contribution in [0.15, 0.2) is 72.8 Å². The number of nitriles is 1. The van der Waals surface area contributed by atoms with Crippen molar-refractivity contribution in [2.24, 2.45) is 0 Å². The van der Waals surface area contributed by atoms with E-state index in [0.29, 0.717) is 5.56 Å². The van der Waals surface area contributed by atoms with Crippen LogP contribution in [0.25, 0.3) is 11.1 Å². The minimum Gasteiger partial charge on any atom is -0.506 e. The summed E-state index contributed by atoms with van der Waals surface area (Å²) in [5.74, 6) is 0.239. The number of hydrogen-bond acceptors (Lipinski definition) is 4. The first-order chi connectivity index (χ1) is 13.7. The number of nitrogens with zero attached hydrogens (tertiary/aromatic N) is 3. The van der Waals surface area contributed by atoms with Crippen LogP contribution in [0.4, 0.5) is 5.69 Å². The lowest BCUT2D eigenvalue weighted by atomic mass is 10.0. The SMILES string of the molecule is N#Cc1ccc(O)c(N2CCN(Cc3cccc(-c4ccccc4)c3)CC2)c1. The number of anilines is 1. The monoisotopic (exact) mass is 369 g/mol. The standard InChI is InChI=1S/C24H23N3O/c25-17-19-9-10-24(28)23(16-19)27-13-11-26(12-14-27)18-20-5-4-8-22(15-20)21-6-2-1-3-7-21/h1-10,15-16,28H,11-14,18H2. The van der Waals surface area contributed by atoms with E-state index in [1.54, 1.807) is 18.2 Å². The molecular formula is C24H23N3O. The Balaban J connectivity index is 1.41. The van der Waals surface area contributed by atoms with Crippen LogP contribution < -0.4 is 4.90 Å². The van der Waals surface area contributed by atoms with Gasteiger partial charge >= 0.3 is 0 Å². The van der Waals surface area contributed by atoms with Gasteiger partial charge in [0, 0.05) is 32.7 Å². The molecule has 1 aliphatic heterocycles. The van der Waals surface area contributed by atoms with Gasteiger partial charge in [0.1, 0.15) is 5.75 Å². The molecule has 0 bridgehead atoms. The molecule has 4 rings (SSSR count). The topological polar surface area (TPSA) is 50.5 Å². The van der Waals surface area contributed by atoms with Crippen molar-refractivity contribution in [2.75, 3.05) is 31.1 Å². The minimum absolute atomic E-state index is 0.239. The second-order valence-corrected chi connectivity index (χ2v) is 7.14. The Morgan fingerprint density at radius 1 is 0.821 bits per heavy atom. The molecule has 28 heavy (non-hydrogen) atoms. The van der Waals surface area contributed by atoms with Crippen molar-refractivity contribution in [3.63, 3.8) is 0 Å². The van der Waals surface area contributed by atoms with E-state index in [1.165, 1.54) is 16.7 Å². The predicted octanol–water partition coefficient (Wildman–Crippen LogP) is 4.25. The molecule has 4 nitrogen and oxygen atoms in total. The zero-order valence-electron chi connectivity index (χ0n) is 15.8. The molecule has 0 aromatic heterocycles. The van der Waals surface area contributed by atoms with E-state index < -0.39 is 0 Å². The summed E-state index contributed by atoms with van der Waals surface area (Å²) >= 11 is 0. The number of benzene rings is 3. The first kappa shape index (κ1) is 18.1. The molecule has 0 atom stereocenters. The van der Waals surface area contributed by atoms with Gasteiger partial charge in [-0.15, -0.1) is 0 Å². The summed E-state index contributed by atoms with van der Waals surface area (Å²) in [5.41, 5.74) is 5.12. The van der Waals surface area contributed by atoms with Gasteiger partial charge in [-0.1, -0.05) is 48.5 Å². The average molecular weight is 369 g/mol. The largest absolute Gasteiger partial charge is 0.506 e. The molecular weight excluding hydrogens is 346 g/mol. The number of rotatable bonds is 4. The fourth-order valence-corrected chi connectivity index (χ4v) is 3.73. The number of aromatic hydroxyl groups is 1. The zero-order chi connectivity index (χ0) is 19.3. The van der Waals surface area contributed by atoms with Crippen LogP contribution >= 0.6 is 0 Å². The number of piperazine rings is 1. The Morgan fingerprint density at radius 2 is 1.57 bits per heavy atom. The van der Waals surface area contributed by atoms with E-state index in [1.807, 2.05) is 6.07 Å². The molecule has 0 aliphatic carbocycles. The maximum Gasteiger partial charge on any atom is 0.138 e. The Morgan fingerprint density at radius 3 is 2.32 bits per heavy atom. The van der Waals surface area contributed by atoms with E-state index in [2.05, 4.69) is 64.4 Å². The van der Waals surface area contributed by atoms with Gasteiger partial charge in [-0.25, -0.2) is 0 Å². The normalized spacial score (nSPS) is 14.6. The molecule has 1 fully saturated rings. The number of hydrogen-bond donors (Lipinski definition) is 1. The van der Waals surface area contributed by atoms with Crippen molar-refractivity contribution < 1.29 is 5.11 Å². The molecule has 1 saturated heterocycles. The average Bonchev–Trinajstić information content (AvgIpc) is 2.76. The van der Waals surface area contributed by atoms with Crippen molar-refractivity contribution in [2.45, 2.75) is 6.54 Å². The molecule has 1 N–H and O–H groups in total. The highest BCUT2D eigenvalue weighted by atomic mass is 16.3. The van der Waals surface area contributed by atoms with Crippen molar-refractivity contribution in [1.82, 2.24) is 4.90 Å². The summed E-state index contributed by atoms with van der Waals surface area (Å²) in [6.45, 7) is 4.43. The second-order valence-electron chi connectivity index (χ2n) is 7.14. The molecule has 0 radical (unpaired) electrons. The maximum atomic E-state index is 10.2. The fourth-order valence-electron chi connectivity index (χ4n) is 3.73. The second kappa shape index (κ2) is 8.16. The summed E-state index contributed by atoms with van der Waals surface area (Å²) < 4.78 is 0. The fraction of sp³-hybridized carbons (Fsp3) is 0.208. The Hall–Kier alpha value is -3.29. The maximum absolute atomic E-state index is 10.2. The van der Waals surface area contributed by atoms with Gasteiger partial charge in [0.15, 0.2) is 0 Å². The van der Waals surface area contributed by atoms with Crippen LogP contribution in [-0.4, -0.2) is 36.2 Å². The highest BCUT2D eigenvalue weighted by Gasteiger charge is 2.20. The van der Waals surface area contributed by atoms with Crippen molar-refractivity contribution >= 4 is 5.69 Å². The van der Waals surface area contributed by atoms with E-state index in [0.717, 1.165) is 38.4 Å². The third-order valence-electron chi connectivity index (χ3n) is 5.26. The predicted molar refractivity (Wildman–Crippen MR) is 112 cm³/mol. The highest BCUT2D eigenvalue weighted by Crippen LogP contribution is 2.29. The molecule has 0 unspecified atom stereocenters. The molecule has 4 heteroatoms. The van der Waals surface area contributed by atoms with E-state index in [-0.39, 0.29) is 5.75 Å². The molecule has 0 amide bonds. The van der Waals surface area contributed by atoms with Crippen LogP contribution in [0.3, 0.4) is 0 Å². The van der Waals surface area contributed by atoms with Crippen LogP contribution in [-0.2, 0) is 6.54 Å². The van der Waals surface area contributed by atoms with Gasteiger partial charge in [0.05, 0.1) is 17.3 Å². The summed E-state index contributed by atoms with van der Waals surface area (Å²) in [6.07, 6.45) is 0. The number of phenols is 1. The Bertz CT molecular complexity index is 986. The van der Waals surface area contributed by atoms with Crippen LogP contribution in [0, 0.1) is 11.3 Å². The molecule has 140 valence electrons. The third-order valence-corrected chi connectivity index (χ3v) is 5.26. The third kappa shape index (κ3) is 4.00. The van der Waals surface area contributed by atoms with Gasteiger partial charge in [0.25, 0.3) is 0 Å². The molecule has 1 heterocycles. The van der Waals surface area contributed by atoms with Gasteiger partial charge in [-0.2, -0.15) is 5.26 Å². The Labute approximate surface area is 165 Å². The molecule has 3 aromatic carbocycles. The van der Waals surface area contributed by atoms with Crippen molar-refractivity contribution in [1.29, 1.82) is 5.26 Å². The highest BCUT2D eigenvalue weighted by molar-refractivity contribution is 5.64. The van der Waals surface area contributed by atoms with Crippen LogP contribution in [0.5, 0.6) is 5.75 Å². The summed E-state index contributed by atoms with van der Waals surface area (Å²) in [6, 6.07) is 26.4. The van der Waals surface area contributed by atoms with Crippen molar-refractivity contribution in [3.8, 4) is 22.9 Å². The lowest BCUT2D eigenvalue weighted by Crippen LogP contribution is -2.46. The van der Waals surface area contributed by atoms with E-state index >= 15 is 0 Å². The van der Waals surface area contributed by atoms with E-state index in [9.17, 15) is 5.11 Å². The Kier molecular flexibility index (Phi) is 5.27. The molecule has 0 saturated carbocycles. The van der Waals surface area contributed by atoms with Gasteiger partial charge in [-0.3, -0.25) is 4.90 Å². The lowest BCUT2D eigenvalue weighted by molar-refractivity contribution is 0.249. The summed E-state index contributed by atoms with van der Waals surface area (Å²) in [5, 5.41) is 19.3. The summed E-state index contributed by atoms with van der Waals surface area (Å²) in [7, 11) is 0. The molecule has 1 aliphatic rings. The smallest absolute Gasteiger partial charge is 0.138 e. The first-order valence-electron chi connectivity index (χ1n) is 9.58. The van der Waals surface area contributed by atoms with Crippen LogP contribution in [0.1, 0.15) is 11.1 Å². The first-order valence-corrected chi connectivity index (χ1v) is 9.58.